The molecule has 4 heteroatoms. The molecular weight excluding hydrogens is 176 g/mol. The van der Waals surface area contributed by atoms with Crippen LogP contribution in [0.4, 0.5) is 0 Å². The Labute approximate surface area is 85.4 Å². The van der Waals surface area contributed by atoms with Crippen LogP contribution in [0.15, 0.2) is 4.99 Å². The Morgan fingerprint density at radius 2 is 2.29 bits per heavy atom. The molecule has 14 heavy (non-hydrogen) atoms. The number of rotatable bonds is 4. The van der Waals surface area contributed by atoms with Crippen LogP contribution >= 0.6 is 0 Å². The molecule has 1 aliphatic rings. The summed E-state index contributed by atoms with van der Waals surface area (Å²) in [5, 5.41) is 8.52. The van der Waals surface area contributed by atoms with Crippen LogP contribution < -0.4 is 5.73 Å². The standard InChI is InChI=1S/C10H18N4/c1-8(2)13-10(12)14(7-3-6-11)9-4-5-9/h8-9H,3-5,7H2,1-2H3,(H2,12,13). The number of nitrogens with two attached hydrogens (primary N) is 1. The van der Waals surface area contributed by atoms with Gasteiger partial charge in [-0.25, -0.2) is 0 Å². The van der Waals surface area contributed by atoms with E-state index in [1.165, 1.54) is 12.8 Å². The summed E-state index contributed by atoms with van der Waals surface area (Å²) in [7, 11) is 0. The Balaban J connectivity index is 2.53. The van der Waals surface area contributed by atoms with Gasteiger partial charge in [0.05, 0.1) is 12.5 Å². The molecular formula is C10H18N4. The molecule has 0 saturated heterocycles. The van der Waals surface area contributed by atoms with Crippen molar-refractivity contribution in [2.45, 2.75) is 45.2 Å². The molecule has 4 nitrogen and oxygen atoms in total. The number of aliphatic imine (C=N–C) groups is 1. The predicted molar refractivity (Wildman–Crippen MR) is 56.7 cm³/mol. The van der Waals surface area contributed by atoms with Crippen molar-refractivity contribution in [1.82, 2.24) is 4.90 Å². The molecule has 1 fully saturated rings. The average molecular weight is 194 g/mol. The summed E-state index contributed by atoms with van der Waals surface area (Å²) in [5.41, 5.74) is 5.87. The van der Waals surface area contributed by atoms with Gasteiger partial charge in [-0.3, -0.25) is 4.99 Å². The van der Waals surface area contributed by atoms with Crippen molar-refractivity contribution in [2.24, 2.45) is 10.7 Å². The van der Waals surface area contributed by atoms with E-state index in [0.29, 0.717) is 25.0 Å². The van der Waals surface area contributed by atoms with Gasteiger partial charge >= 0.3 is 0 Å². The molecule has 0 aromatic carbocycles. The molecule has 1 aliphatic carbocycles. The number of nitrogens with zero attached hydrogens (tertiary/aromatic N) is 3. The summed E-state index contributed by atoms with van der Waals surface area (Å²) in [6.45, 7) is 4.72. The summed E-state index contributed by atoms with van der Waals surface area (Å²) in [6, 6.07) is 2.89. The highest BCUT2D eigenvalue weighted by Gasteiger charge is 2.29. The molecule has 0 amide bonds. The van der Waals surface area contributed by atoms with Crippen LogP contribution in [0.2, 0.25) is 0 Å². The molecule has 0 radical (unpaired) electrons. The Morgan fingerprint density at radius 1 is 1.64 bits per heavy atom. The lowest BCUT2D eigenvalue weighted by atomic mass is 10.4. The van der Waals surface area contributed by atoms with Crippen LogP contribution in [-0.2, 0) is 0 Å². The molecule has 0 aromatic rings. The lowest BCUT2D eigenvalue weighted by molar-refractivity contribution is 0.410. The van der Waals surface area contributed by atoms with E-state index in [1.54, 1.807) is 0 Å². The van der Waals surface area contributed by atoms with Crippen molar-refractivity contribution < 1.29 is 0 Å². The number of nitriles is 1. The van der Waals surface area contributed by atoms with Gasteiger partial charge in [0.15, 0.2) is 5.96 Å². The Hall–Kier alpha value is -1.24. The second kappa shape index (κ2) is 4.85. The van der Waals surface area contributed by atoms with Gasteiger partial charge < -0.3 is 10.6 Å². The predicted octanol–water partition coefficient (Wildman–Crippen LogP) is 1.09. The van der Waals surface area contributed by atoms with E-state index >= 15 is 0 Å². The monoisotopic (exact) mass is 194 g/mol. The van der Waals surface area contributed by atoms with E-state index in [4.69, 9.17) is 11.0 Å². The van der Waals surface area contributed by atoms with Crippen LogP contribution in [-0.4, -0.2) is 29.5 Å². The summed E-state index contributed by atoms with van der Waals surface area (Å²) in [6.07, 6.45) is 2.88. The first-order chi connectivity index (χ1) is 6.65. The molecule has 0 aliphatic heterocycles. The van der Waals surface area contributed by atoms with Crippen molar-refractivity contribution in [3.63, 3.8) is 0 Å². The van der Waals surface area contributed by atoms with Gasteiger partial charge in [0.2, 0.25) is 0 Å². The Bertz CT molecular complexity index is 247. The third-order valence-corrected chi connectivity index (χ3v) is 2.14. The molecule has 1 saturated carbocycles. The maximum atomic E-state index is 8.52. The van der Waals surface area contributed by atoms with Crippen LogP contribution in [0.25, 0.3) is 0 Å². The lowest BCUT2D eigenvalue weighted by Crippen LogP contribution is -2.40. The van der Waals surface area contributed by atoms with Crippen molar-refractivity contribution in [1.29, 1.82) is 5.26 Å². The van der Waals surface area contributed by atoms with Gasteiger partial charge in [-0.15, -0.1) is 0 Å². The first-order valence-electron chi connectivity index (χ1n) is 5.12. The molecule has 0 atom stereocenters. The minimum Gasteiger partial charge on any atom is -0.370 e. The highest BCUT2D eigenvalue weighted by atomic mass is 15.3. The van der Waals surface area contributed by atoms with Crippen LogP contribution in [0, 0.1) is 11.3 Å². The van der Waals surface area contributed by atoms with E-state index in [0.717, 1.165) is 0 Å². The van der Waals surface area contributed by atoms with E-state index in [1.807, 2.05) is 13.8 Å². The molecule has 1 rings (SSSR count). The summed E-state index contributed by atoms with van der Waals surface area (Å²) in [5.74, 6) is 0.595. The van der Waals surface area contributed by atoms with E-state index < -0.39 is 0 Å². The maximum Gasteiger partial charge on any atom is 0.191 e. The summed E-state index contributed by atoms with van der Waals surface area (Å²) >= 11 is 0. The quantitative estimate of drug-likeness (QED) is 0.538. The zero-order valence-electron chi connectivity index (χ0n) is 8.90. The topological polar surface area (TPSA) is 65.4 Å². The van der Waals surface area contributed by atoms with Gasteiger partial charge in [0.1, 0.15) is 0 Å². The highest BCUT2D eigenvalue weighted by molar-refractivity contribution is 5.78. The van der Waals surface area contributed by atoms with Gasteiger partial charge in [0.25, 0.3) is 0 Å². The van der Waals surface area contributed by atoms with Gasteiger partial charge in [0, 0.05) is 18.6 Å². The average Bonchev–Trinajstić information content (AvgIpc) is 2.87. The smallest absolute Gasteiger partial charge is 0.191 e. The first kappa shape index (κ1) is 10.8. The summed E-state index contributed by atoms with van der Waals surface area (Å²) < 4.78 is 0. The maximum absolute atomic E-state index is 8.52. The highest BCUT2D eigenvalue weighted by Crippen LogP contribution is 2.26. The zero-order chi connectivity index (χ0) is 10.6. The second-order valence-corrected chi connectivity index (χ2v) is 3.91. The largest absolute Gasteiger partial charge is 0.370 e. The van der Waals surface area contributed by atoms with Crippen molar-refractivity contribution >= 4 is 5.96 Å². The first-order valence-corrected chi connectivity index (χ1v) is 5.12. The molecule has 2 N–H and O–H groups in total. The molecule has 0 heterocycles. The van der Waals surface area contributed by atoms with Crippen LogP contribution in [0.5, 0.6) is 0 Å². The van der Waals surface area contributed by atoms with Gasteiger partial charge in [-0.2, -0.15) is 5.26 Å². The fourth-order valence-corrected chi connectivity index (χ4v) is 1.38. The Kier molecular flexibility index (Phi) is 3.75. The minimum atomic E-state index is 0.221. The van der Waals surface area contributed by atoms with Crippen LogP contribution in [0.3, 0.4) is 0 Å². The van der Waals surface area contributed by atoms with Crippen molar-refractivity contribution in [3.8, 4) is 6.07 Å². The third-order valence-electron chi connectivity index (χ3n) is 2.14. The fourth-order valence-electron chi connectivity index (χ4n) is 1.38. The molecule has 0 spiro atoms. The lowest BCUT2D eigenvalue weighted by Gasteiger charge is -2.22. The number of hydrogen-bond donors (Lipinski definition) is 1. The van der Waals surface area contributed by atoms with Crippen molar-refractivity contribution in [2.75, 3.05) is 6.54 Å². The fraction of sp³-hybridized carbons (Fsp3) is 0.800. The molecule has 0 bridgehead atoms. The van der Waals surface area contributed by atoms with E-state index in [2.05, 4.69) is 16.0 Å². The Morgan fingerprint density at radius 3 is 2.71 bits per heavy atom. The number of guanidine groups is 1. The zero-order valence-corrected chi connectivity index (χ0v) is 8.90. The van der Waals surface area contributed by atoms with E-state index in [9.17, 15) is 0 Å². The summed E-state index contributed by atoms with van der Waals surface area (Å²) in [4.78, 5) is 6.36. The second-order valence-electron chi connectivity index (χ2n) is 3.91. The minimum absolute atomic E-state index is 0.221. The van der Waals surface area contributed by atoms with Gasteiger partial charge in [-0.1, -0.05) is 0 Å². The SMILES string of the molecule is CC(C)N=C(N)N(CCC#N)C1CC1. The third kappa shape index (κ3) is 3.25. The molecule has 78 valence electrons. The normalized spacial score (nSPS) is 16.9. The molecule has 0 aromatic heterocycles. The number of hydrogen-bond acceptors (Lipinski definition) is 2. The van der Waals surface area contributed by atoms with Gasteiger partial charge in [-0.05, 0) is 26.7 Å². The van der Waals surface area contributed by atoms with Crippen molar-refractivity contribution in [3.05, 3.63) is 0 Å². The van der Waals surface area contributed by atoms with Crippen LogP contribution in [0.1, 0.15) is 33.1 Å². The molecule has 0 unspecified atom stereocenters. The van der Waals surface area contributed by atoms with E-state index in [-0.39, 0.29) is 6.04 Å².